The van der Waals surface area contributed by atoms with Crippen molar-refractivity contribution in [3.8, 4) is 0 Å². The van der Waals surface area contributed by atoms with Crippen molar-refractivity contribution in [2.24, 2.45) is 0 Å². The van der Waals surface area contributed by atoms with Crippen molar-refractivity contribution in [3.63, 3.8) is 0 Å². The molecule has 0 heterocycles. The molecule has 1 N–H and O–H groups in total. The lowest BCUT2D eigenvalue weighted by molar-refractivity contribution is 0.0695. The summed E-state index contributed by atoms with van der Waals surface area (Å²) in [7, 11) is 1.98. The van der Waals surface area contributed by atoms with Gasteiger partial charge in [0.15, 0.2) is 0 Å². The van der Waals surface area contributed by atoms with Gasteiger partial charge in [-0.1, -0.05) is 40.7 Å². The van der Waals surface area contributed by atoms with Crippen molar-refractivity contribution < 1.29 is 9.90 Å². The van der Waals surface area contributed by atoms with E-state index in [1.165, 1.54) is 0 Å². The monoisotopic (exact) mass is 297 g/mol. The van der Waals surface area contributed by atoms with Crippen molar-refractivity contribution in [3.05, 3.63) is 46.5 Å². The summed E-state index contributed by atoms with van der Waals surface area (Å²) >= 11 is 3.31. The highest BCUT2D eigenvalue weighted by molar-refractivity contribution is 9.11. The van der Waals surface area contributed by atoms with E-state index in [0.29, 0.717) is 5.56 Å². The molecule has 0 spiro atoms. The second-order valence-corrected chi connectivity index (χ2v) is 5.09. The van der Waals surface area contributed by atoms with E-state index in [2.05, 4.69) is 27.4 Å². The summed E-state index contributed by atoms with van der Waals surface area (Å²) < 4.78 is 0.923. The Bertz CT molecular complexity index is 418. The van der Waals surface area contributed by atoms with Crippen LogP contribution >= 0.6 is 15.9 Å². The van der Waals surface area contributed by atoms with Gasteiger partial charge in [0.2, 0.25) is 0 Å². The van der Waals surface area contributed by atoms with Gasteiger partial charge in [0, 0.05) is 17.6 Å². The van der Waals surface area contributed by atoms with Gasteiger partial charge in [0.1, 0.15) is 0 Å². The van der Waals surface area contributed by atoms with Crippen molar-refractivity contribution in [2.75, 3.05) is 20.1 Å². The molecule has 0 fully saturated rings. The van der Waals surface area contributed by atoms with Crippen LogP contribution in [0, 0.1) is 0 Å². The molecule has 1 rings (SSSR count). The lowest BCUT2D eigenvalue weighted by Crippen LogP contribution is -2.23. The Morgan fingerprint density at radius 2 is 2.12 bits per heavy atom. The average Bonchev–Trinajstić information content (AvgIpc) is 2.25. The SMILES string of the molecule is C=C(Br)CN(C)CCc1ccccc1C(=O)O. The van der Waals surface area contributed by atoms with Crippen LogP contribution in [0.25, 0.3) is 0 Å². The topological polar surface area (TPSA) is 40.5 Å². The number of carboxylic acids is 1. The highest BCUT2D eigenvalue weighted by Gasteiger charge is 2.09. The number of hydrogen-bond acceptors (Lipinski definition) is 2. The first kappa shape index (κ1) is 13.9. The molecular formula is C13H16BrNO2. The zero-order valence-corrected chi connectivity index (χ0v) is 11.4. The quantitative estimate of drug-likeness (QED) is 0.878. The normalized spacial score (nSPS) is 10.5. The van der Waals surface area contributed by atoms with Gasteiger partial charge >= 0.3 is 5.97 Å². The minimum Gasteiger partial charge on any atom is -0.478 e. The maximum absolute atomic E-state index is 11.0. The number of carbonyl (C=O) groups is 1. The second-order valence-electron chi connectivity index (χ2n) is 3.97. The van der Waals surface area contributed by atoms with E-state index in [1.807, 2.05) is 19.2 Å². The van der Waals surface area contributed by atoms with Crippen molar-refractivity contribution in [1.29, 1.82) is 0 Å². The predicted molar refractivity (Wildman–Crippen MR) is 72.7 cm³/mol. The molecule has 4 heteroatoms. The highest BCUT2D eigenvalue weighted by atomic mass is 79.9. The zero-order chi connectivity index (χ0) is 12.8. The van der Waals surface area contributed by atoms with E-state index in [1.54, 1.807) is 12.1 Å². The minimum absolute atomic E-state index is 0.388. The highest BCUT2D eigenvalue weighted by Crippen LogP contribution is 2.10. The molecule has 0 aliphatic heterocycles. The number of likely N-dealkylation sites (N-methyl/N-ethyl adjacent to an activating group) is 1. The molecule has 3 nitrogen and oxygen atoms in total. The van der Waals surface area contributed by atoms with Gasteiger partial charge < -0.3 is 10.0 Å². The third-order valence-corrected chi connectivity index (χ3v) is 2.70. The van der Waals surface area contributed by atoms with Crippen LogP contribution in [0.2, 0.25) is 0 Å². The first-order valence-electron chi connectivity index (χ1n) is 5.33. The van der Waals surface area contributed by atoms with Gasteiger partial charge in [-0.3, -0.25) is 0 Å². The van der Waals surface area contributed by atoms with Gasteiger partial charge in [-0.05, 0) is 25.1 Å². The molecule has 0 aromatic heterocycles. The van der Waals surface area contributed by atoms with Gasteiger partial charge in [-0.2, -0.15) is 0 Å². The van der Waals surface area contributed by atoms with Crippen molar-refractivity contribution in [1.82, 2.24) is 4.90 Å². The maximum atomic E-state index is 11.0. The van der Waals surface area contributed by atoms with Gasteiger partial charge in [0.25, 0.3) is 0 Å². The van der Waals surface area contributed by atoms with E-state index in [-0.39, 0.29) is 0 Å². The summed E-state index contributed by atoms with van der Waals surface area (Å²) in [6, 6.07) is 7.11. The van der Waals surface area contributed by atoms with E-state index >= 15 is 0 Å². The molecule has 0 radical (unpaired) electrons. The summed E-state index contributed by atoms with van der Waals surface area (Å²) in [6.45, 7) is 5.34. The molecule has 0 aliphatic carbocycles. The molecule has 1 aromatic rings. The van der Waals surface area contributed by atoms with Crippen LogP contribution in [0.15, 0.2) is 35.3 Å². The molecule has 1 aromatic carbocycles. The molecule has 0 amide bonds. The molecule has 0 atom stereocenters. The summed E-state index contributed by atoms with van der Waals surface area (Å²) in [5.74, 6) is -0.867. The summed E-state index contributed by atoms with van der Waals surface area (Å²) in [5, 5.41) is 9.04. The van der Waals surface area contributed by atoms with Crippen LogP contribution in [0.1, 0.15) is 15.9 Å². The summed E-state index contributed by atoms with van der Waals surface area (Å²) in [5.41, 5.74) is 1.26. The van der Waals surface area contributed by atoms with Gasteiger partial charge in [-0.15, -0.1) is 0 Å². The molecule has 0 saturated carbocycles. The maximum Gasteiger partial charge on any atom is 0.335 e. The number of halogens is 1. The Morgan fingerprint density at radius 1 is 1.47 bits per heavy atom. The van der Waals surface area contributed by atoms with E-state index in [4.69, 9.17) is 5.11 Å². The smallest absolute Gasteiger partial charge is 0.335 e. The van der Waals surface area contributed by atoms with Crippen molar-refractivity contribution >= 4 is 21.9 Å². The fraction of sp³-hybridized carbons (Fsp3) is 0.308. The van der Waals surface area contributed by atoms with Gasteiger partial charge in [0.05, 0.1) is 5.56 Å². The third-order valence-electron chi connectivity index (χ3n) is 2.45. The second kappa shape index (κ2) is 6.57. The van der Waals surface area contributed by atoms with Crippen LogP contribution < -0.4 is 0 Å². The molecule has 92 valence electrons. The molecule has 0 unspecified atom stereocenters. The van der Waals surface area contributed by atoms with Crippen molar-refractivity contribution in [2.45, 2.75) is 6.42 Å². The molecule has 17 heavy (non-hydrogen) atoms. The largest absolute Gasteiger partial charge is 0.478 e. The Morgan fingerprint density at radius 3 is 2.71 bits per heavy atom. The predicted octanol–water partition coefficient (Wildman–Crippen LogP) is 2.77. The fourth-order valence-electron chi connectivity index (χ4n) is 1.63. The number of hydrogen-bond donors (Lipinski definition) is 1. The fourth-order valence-corrected chi connectivity index (χ4v) is 2.06. The first-order valence-corrected chi connectivity index (χ1v) is 6.13. The number of benzene rings is 1. The molecule has 0 saturated heterocycles. The van der Waals surface area contributed by atoms with Crippen LogP contribution in [-0.2, 0) is 6.42 Å². The van der Waals surface area contributed by atoms with E-state index in [0.717, 1.165) is 29.6 Å². The average molecular weight is 298 g/mol. The number of aromatic carboxylic acids is 1. The Labute approximate surface area is 110 Å². The number of nitrogens with zero attached hydrogens (tertiary/aromatic N) is 1. The Hall–Kier alpha value is -1.13. The summed E-state index contributed by atoms with van der Waals surface area (Å²) in [6.07, 6.45) is 0.721. The van der Waals surface area contributed by atoms with Crippen LogP contribution in [-0.4, -0.2) is 36.1 Å². The summed E-state index contributed by atoms with van der Waals surface area (Å²) in [4.78, 5) is 13.1. The standard InChI is InChI=1S/C13H16BrNO2/c1-10(14)9-15(2)8-7-11-5-3-4-6-12(11)13(16)17/h3-6H,1,7-9H2,2H3,(H,16,17). The minimum atomic E-state index is -0.867. The van der Waals surface area contributed by atoms with Gasteiger partial charge in [-0.25, -0.2) is 4.79 Å². The Kier molecular flexibility index (Phi) is 5.38. The van der Waals surface area contributed by atoms with E-state index < -0.39 is 5.97 Å². The first-order chi connectivity index (χ1) is 8.00. The number of carboxylic acid groups (broad SMARTS) is 1. The lowest BCUT2D eigenvalue weighted by Gasteiger charge is -2.16. The van der Waals surface area contributed by atoms with Crippen LogP contribution in [0.4, 0.5) is 0 Å². The molecule has 0 aliphatic rings. The van der Waals surface area contributed by atoms with Crippen LogP contribution in [0.5, 0.6) is 0 Å². The lowest BCUT2D eigenvalue weighted by atomic mass is 10.0. The van der Waals surface area contributed by atoms with E-state index in [9.17, 15) is 4.79 Å². The third kappa shape index (κ3) is 4.71. The zero-order valence-electron chi connectivity index (χ0n) is 9.82. The molecular weight excluding hydrogens is 282 g/mol. The van der Waals surface area contributed by atoms with Crippen LogP contribution in [0.3, 0.4) is 0 Å². The Balaban J connectivity index is 2.63. The number of rotatable bonds is 6. The molecule has 0 bridgehead atoms.